The topological polar surface area (TPSA) is 193 Å². The van der Waals surface area contributed by atoms with Gasteiger partial charge in [-0.15, -0.1) is 0 Å². The number of carbonyl (C=O) groups excluding carboxylic acids is 3. The van der Waals surface area contributed by atoms with Crippen LogP contribution in [0.2, 0.25) is 0 Å². The molecule has 14 nitrogen and oxygen atoms in total. The number of allylic oxidation sites excluding steroid dienone is 1. The highest BCUT2D eigenvalue weighted by Gasteiger charge is 2.62. The van der Waals surface area contributed by atoms with Crippen molar-refractivity contribution in [1.82, 2.24) is 25.2 Å². The molecule has 2 aliphatic heterocycles. The first kappa shape index (κ1) is 35.4. The van der Waals surface area contributed by atoms with E-state index in [1.165, 1.54) is 4.90 Å². The zero-order chi connectivity index (χ0) is 35.8. The predicted octanol–water partition coefficient (Wildman–Crippen LogP) is 3.11. The summed E-state index contributed by atoms with van der Waals surface area (Å²) in [6.45, 7) is 6.10. The van der Waals surface area contributed by atoms with Crippen LogP contribution in [0.3, 0.4) is 0 Å². The van der Waals surface area contributed by atoms with E-state index in [9.17, 15) is 32.7 Å². The zero-order valence-corrected chi connectivity index (χ0v) is 29.3. The Hall–Kier alpha value is -4.40. The monoisotopic (exact) mass is 711 g/mol. The van der Waals surface area contributed by atoms with Gasteiger partial charge < -0.3 is 30.1 Å². The molecule has 0 radical (unpaired) electrons. The lowest BCUT2D eigenvalue weighted by atomic mass is 9.88. The van der Waals surface area contributed by atoms with Gasteiger partial charge in [-0.2, -0.15) is 0 Å². The van der Waals surface area contributed by atoms with E-state index in [1.54, 1.807) is 6.20 Å². The fraction of sp³-hybridized carbons (Fsp3) is 0.571. The lowest BCUT2D eigenvalue weighted by molar-refractivity contribution is -0.142. The standard InChI is InChI=1S/C35H45N5O9S/c1-4-48-28-18-36-31(26-12-8-7-11-25(26)28)49-23-16-27-30(41)38-35(33(43)39-50(46,47)24-13-14-24)17-22(35)10-6-5-9-20(2)15-21(3)29(37-34(44)45)32(42)40(27)19-23/h6-8,10-12,18,20-24,27,29,37H,4-5,9,13-17,19H2,1-3H3,(H,38,41)(H,39,43)(H,44,45)/t20-,21+,22+,23+,27-,29-,35+/m0/s1. The van der Waals surface area contributed by atoms with Crippen molar-refractivity contribution in [2.75, 3.05) is 13.2 Å². The molecule has 1 aromatic heterocycles. The average Bonchev–Trinajstić information content (AvgIpc) is 3.99. The number of rotatable bonds is 8. The molecule has 7 atom stereocenters. The molecule has 1 aromatic carbocycles. The molecule has 4 aliphatic rings. The largest absolute Gasteiger partial charge is 0.492 e. The summed E-state index contributed by atoms with van der Waals surface area (Å²) in [5, 5.41) is 15.8. The summed E-state index contributed by atoms with van der Waals surface area (Å²) in [5.41, 5.74) is -1.52. The number of benzene rings is 1. The van der Waals surface area contributed by atoms with E-state index >= 15 is 0 Å². The molecule has 0 bridgehead atoms. The summed E-state index contributed by atoms with van der Waals surface area (Å²) < 4.78 is 39.9. The van der Waals surface area contributed by atoms with Crippen LogP contribution in [0.5, 0.6) is 11.6 Å². The van der Waals surface area contributed by atoms with Crippen molar-refractivity contribution < 1.29 is 42.2 Å². The normalized spacial score (nSPS) is 30.3. The number of hydrogen-bond acceptors (Lipinski definition) is 9. The number of nitrogens with zero attached hydrogens (tertiary/aromatic N) is 2. The summed E-state index contributed by atoms with van der Waals surface area (Å²) in [4.78, 5) is 60.0. The van der Waals surface area contributed by atoms with E-state index in [2.05, 4.69) is 20.3 Å². The second-order valence-corrected chi connectivity index (χ2v) is 16.0. The number of sulfonamides is 1. The fourth-order valence-corrected chi connectivity index (χ4v) is 8.66. The maximum Gasteiger partial charge on any atom is 0.405 e. The van der Waals surface area contributed by atoms with Crippen molar-refractivity contribution in [2.24, 2.45) is 17.8 Å². The van der Waals surface area contributed by atoms with Gasteiger partial charge in [-0.05, 0) is 63.4 Å². The van der Waals surface area contributed by atoms with Crippen LogP contribution in [0.25, 0.3) is 10.8 Å². The van der Waals surface area contributed by atoms with E-state index in [0.717, 1.165) is 11.8 Å². The Morgan fingerprint density at radius 1 is 1.12 bits per heavy atom. The van der Waals surface area contributed by atoms with Crippen LogP contribution in [0.4, 0.5) is 4.79 Å². The summed E-state index contributed by atoms with van der Waals surface area (Å²) in [7, 11) is -3.90. The third-order valence-corrected chi connectivity index (χ3v) is 12.0. The zero-order valence-electron chi connectivity index (χ0n) is 28.5. The molecule has 3 fully saturated rings. The number of nitrogens with one attached hydrogen (secondary N) is 3. The summed E-state index contributed by atoms with van der Waals surface area (Å²) in [6.07, 6.45) is 6.33. The van der Waals surface area contributed by atoms with Crippen molar-refractivity contribution in [2.45, 2.75) is 94.7 Å². The van der Waals surface area contributed by atoms with Gasteiger partial charge in [0.2, 0.25) is 27.7 Å². The molecule has 50 heavy (non-hydrogen) atoms. The van der Waals surface area contributed by atoms with Crippen LogP contribution in [-0.2, 0) is 24.4 Å². The number of amides is 4. The highest BCUT2D eigenvalue weighted by molar-refractivity contribution is 7.91. The molecule has 15 heteroatoms. The van der Waals surface area contributed by atoms with Crippen molar-refractivity contribution in [3.05, 3.63) is 42.6 Å². The van der Waals surface area contributed by atoms with Crippen LogP contribution in [0, 0.1) is 17.8 Å². The molecule has 1 saturated heterocycles. The molecule has 0 spiro atoms. The molecule has 270 valence electrons. The van der Waals surface area contributed by atoms with Gasteiger partial charge in [0.05, 0.1) is 24.6 Å². The SMILES string of the molecule is CCOc1cnc(O[C@@H]2C[C@H]3C(=O)N[C@]4(C(=O)NS(=O)(=O)C5CC5)C[C@H]4C=CCC[C@H](C)C[C@@H](C)[C@H](NC(=O)O)C(=O)N3C2)c2ccccc12. The second-order valence-electron chi connectivity index (χ2n) is 14.1. The van der Waals surface area contributed by atoms with Gasteiger partial charge in [-0.3, -0.25) is 19.1 Å². The predicted molar refractivity (Wildman–Crippen MR) is 183 cm³/mol. The number of ether oxygens (including phenoxy) is 2. The lowest BCUT2D eigenvalue weighted by Gasteiger charge is -2.32. The minimum Gasteiger partial charge on any atom is -0.492 e. The molecule has 2 aromatic rings. The second kappa shape index (κ2) is 14.1. The molecule has 4 N–H and O–H groups in total. The van der Waals surface area contributed by atoms with E-state index < -0.39 is 74.7 Å². The van der Waals surface area contributed by atoms with Crippen molar-refractivity contribution in [3.63, 3.8) is 0 Å². The summed E-state index contributed by atoms with van der Waals surface area (Å²) in [6, 6.07) is 5.11. The van der Waals surface area contributed by atoms with Crippen LogP contribution in [0.1, 0.15) is 65.7 Å². The smallest absolute Gasteiger partial charge is 0.405 e. The molecule has 2 aliphatic carbocycles. The van der Waals surface area contributed by atoms with Crippen molar-refractivity contribution in [3.8, 4) is 11.6 Å². The molecule has 3 heterocycles. The van der Waals surface area contributed by atoms with Gasteiger partial charge in [-0.1, -0.05) is 44.2 Å². The van der Waals surface area contributed by atoms with Crippen LogP contribution >= 0.6 is 0 Å². The highest BCUT2D eigenvalue weighted by Crippen LogP contribution is 2.46. The Labute approximate surface area is 291 Å². The number of aromatic nitrogens is 1. The Kier molecular flexibility index (Phi) is 9.98. The maximum atomic E-state index is 14.3. The first-order chi connectivity index (χ1) is 23.8. The first-order valence-electron chi connectivity index (χ1n) is 17.3. The van der Waals surface area contributed by atoms with Gasteiger partial charge >= 0.3 is 6.09 Å². The summed E-state index contributed by atoms with van der Waals surface area (Å²) >= 11 is 0. The van der Waals surface area contributed by atoms with Gasteiger partial charge in [-0.25, -0.2) is 18.2 Å². The maximum absolute atomic E-state index is 14.3. The molecule has 0 unspecified atom stereocenters. The lowest BCUT2D eigenvalue weighted by Crippen LogP contribution is -2.59. The Balaban J connectivity index is 1.33. The van der Waals surface area contributed by atoms with Gasteiger partial charge in [0.25, 0.3) is 5.91 Å². The van der Waals surface area contributed by atoms with E-state index in [-0.39, 0.29) is 31.2 Å². The van der Waals surface area contributed by atoms with E-state index in [0.29, 0.717) is 43.4 Å². The van der Waals surface area contributed by atoms with Gasteiger partial charge in [0.15, 0.2) is 0 Å². The Bertz CT molecular complexity index is 1800. The number of carboxylic acid groups (broad SMARTS) is 1. The quantitative estimate of drug-likeness (QED) is 0.296. The average molecular weight is 712 g/mol. The van der Waals surface area contributed by atoms with Crippen LogP contribution in [-0.4, -0.2) is 89.4 Å². The van der Waals surface area contributed by atoms with Gasteiger partial charge in [0.1, 0.15) is 29.5 Å². The molecular weight excluding hydrogens is 666 g/mol. The van der Waals surface area contributed by atoms with Crippen LogP contribution < -0.4 is 24.8 Å². The third kappa shape index (κ3) is 7.37. The third-order valence-electron chi connectivity index (χ3n) is 10.2. The molecule has 6 rings (SSSR count). The molecule has 4 amide bonds. The number of carbonyl (C=O) groups is 4. The van der Waals surface area contributed by atoms with Crippen molar-refractivity contribution >= 4 is 44.6 Å². The number of fused-ring (bicyclic) bond motifs is 3. The van der Waals surface area contributed by atoms with E-state index in [4.69, 9.17) is 9.47 Å². The Morgan fingerprint density at radius 2 is 1.86 bits per heavy atom. The van der Waals surface area contributed by atoms with E-state index in [1.807, 2.05) is 57.2 Å². The number of pyridine rings is 1. The molecule has 2 saturated carbocycles. The number of hydrogen-bond donors (Lipinski definition) is 4. The van der Waals surface area contributed by atoms with Gasteiger partial charge in [0, 0.05) is 23.1 Å². The van der Waals surface area contributed by atoms with Crippen LogP contribution in [0.15, 0.2) is 42.6 Å². The fourth-order valence-electron chi connectivity index (χ4n) is 7.29. The summed E-state index contributed by atoms with van der Waals surface area (Å²) in [5.74, 6) is -1.91. The minimum atomic E-state index is -3.90. The Morgan fingerprint density at radius 3 is 2.56 bits per heavy atom. The first-order valence-corrected chi connectivity index (χ1v) is 18.9. The molecular formula is C35H45N5O9S. The highest BCUT2D eigenvalue weighted by atomic mass is 32.2. The van der Waals surface area contributed by atoms with Crippen molar-refractivity contribution in [1.29, 1.82) is 0 Å². The minimum absolute atomic E-state index is 0.0178.